The summed E-state index contributed by atoms with van der Waals surface area (Å²) in [4.78, 5) is 13.6. The Labute approximate surface area is 123 Å². The predicted molar refractivity (Wildman–Crippen MR) is 75.2 cm³/mol. The Morgan fingerprint density at radius 1 is 1.24 bits per heavy atom. The van der Waals surface area contributed by atoms with Crippen molar-refractivity contribution in [2.75, 3.05) is 19.6 Å². The van der Waals surface area contributed by atoms with E-state index in [1.807, 2.05) is 0 Å². The van der Waals surface area contributed by atoms with Crippen molar-refractivity contribution in [2.45, 2.75) is 24.0 Å². The van der Waals surface area contributed by atoms with Gasteiger partial charge in [0.2, 0.25) is 10.0 Å². The maximum Gasteiger partial charge on any atom is 0.254 e. The number of aliphatic hydroxyl groups excluding tert-OH is 2. The topological polar surface area (TPSA) is 107 Å². The zero-order valence-corrected chi connectivity index (χ0v) is 12.4. The van der Waals surface area contributed by atoms with Crippen LogP contribution < -0.4 is 4.72 Å². The van der Waals surface area contributed by atoms with E-state index in [-0.39, 0.29) is 30.4 Å². The molecule has 1 heterocycles. The molecule has 1 aromatic carbocycles. The van der Waals surface area contributed by atoms with E-state index in [9.17, 15) is 23.4 Å². The average Bonchev–Trinajstić information content (AvgIpc) is 2.78. The second kappa shape index (κ2) is 6.10. The van der Waals surface area contributed by atoms with Gasteiger partial charge in [-0.05, 0) is 24.3 Å². The smallest absolute Gasteiger partial charge is 0.254 e. The highest BCUT2D eigenvalue weighted by Gasteiger charge is 2.32. The van der Waals surface area contributed by atoms with E-state index >= 15 is 0 Å². The van der Waals surface area contributed by atoms with Crippen molar-refractivity contribution in [2.24, 2.45) is 0 Å². The Bertz CT molecular complexity index is 604. The zero-order chi connectivity index (χ0) is 15.6. The molecule has 1 aliphatic rings. The van der Waals surface area contributed by atoms with E-state index in [4.69, 9.17) is 0 Å². The van der Waals surface area contributed by atoms with Gasteiger partial charge in [-0.1, -0.05) is 6.92 Å². The number of nitrogens with zero attached hydrogens (tertiary/aromatic N) is 1. The number of hydrogen-bond donors (Lipinski definition) is 3. The van der Waals surface area contributed by atoms with Crippen LogP contribution in [0, 0.1) is 0 Å². The number of sulfonamides is 1. The number of nitrogens with one attached hydrogen (secondary N) is 1. The van der Waals surface area contributed by atoms with Gasteiger partial charge in [0.05, 0.1) is 17.1 Å². The van der Waals surface area contributed by atoms with Crippen LogP contribution in [-0.2, 0) is 10.0 Å². The van der Waals surface area contributed by atoms with Crippen LogP contribution in [0.5, 0.6) is 0 Å². The molecule has 21 heavy (non-hydrogen) atoms. The summed E-state index contributed by atoms with van der Waals surface area (Å²) in [6, 6.07) is 5.55. The first-order valence-electron chi connectivity index (χ1n) is 6.60. The fraction of sp³-hybridized carbons (Fsp3) is 0.462. The lowest BCUT2D eigenvalue weighted by Crippen LogP contribution is -2.30. The van der Waals surface area contributed by atoms with E-state index in [1.165, 1.54) is 29.2 Å². The van der Waals surface area contributed by atoms with Crippen molar-refractivity contribution in [3.05, 3.63) is 29.8 Å². The predicted octanol–water partition coefficient (Wildman–Crippen LogP) is -0.838. The molecule has 1 amide bonds. The molecule has 1 aromatic rings. The fourth-order valence-corrected chi connectivity index (χ4v) is 3.21. The van der Waals surface area contributed by atoms with Crippen molar-refractivity contribution in [3.8, 4) is 0 Å². The monoisotopic (exact) mass is 314 g/mol. The number of likely N-dealkylation sites (tertiary alicyclic amines) is 1. The van der Waals surface area contributed by atoms with Crippen LogP contribution in [0.4, 0.5) is 0 Å². The molecule has 2 rings (SSSR count). The molecule has 1 fully saturated rings. The summed E-state index contributed by atoms with van der Waals surface area (Å²) in [5.41, 5.74) is 0.312. The molecule has 0 aliphatic carbocycles. The number of carbonyl (C=O) groups is 1. The third-order valence-corrected chi connectivity index (χ3v) is 4.85. The van der Waals surface area contributed by atoms with Gasteiger partial charge in [-0.25, -0.2) is 13.1 Å². The fourth-order valence-electron chi connectivity index (χ4n) is 2.17. The van der Waals surface area contributed by atoms with Crippen LogP contribution in [0.2, 0.25) is 0 Å². The minimum absolute atomic E-state index is 0.0669. The van der Waals surface area contributed by atoms with E-state index < -0.39 is 22.2 Å². The van der Waals surface area contributed by atoms with E-state index in [1.54, 1.807) is 6.92 Å². The maximum absolute atomic E-state index is 12.2. The number of hydrogen-bond acceptors (Lipinski definition) is 5. The molecule has 8 heteroatoms. The first kappa shape index (κ1) is 15.9. The lowest BCUT2D eigenvalue weighted by molar-refractivity contribution is 0.0572. The maximum atomic E-state index is 12.2. The van der Waals surface area contributed by atoms with Crippen molar-refractivity contribution < 1.29 is 23.4 Å². The van der Waals surface area contributed by atoms with Crippen molar-refractivity contribution in [3.63, 3.8) is 0 Å². The van der Waals surface area contributed by atoms with Gasteiger partial charge in [-0.15, -0.1) is 0 Å². The van der Waals surface area contributed by atoms with Crippen molar-refractivity contribution in [1.29, 1.82) is 0 Å². The number of β-amino-alcohol motifs (C(OH)–C–C–N with tert-alkyl or cyclic N) is 2. The van der Waals surface area contributed by atoms with Gasteiger partial charge < -0.3 is 15.1 Å². The summed E-state index contributed by atoms with van der Waals surface area (Å²) in [6.07, 6.45) is -1.88. The molecule has 0 spiro atoms. The van der Waals surface area contributed by atoms with E-state index in [0.717, 1.165) is 0 Å². The lowest BCUT2D eigenvalue weighted by Gasteiger charge is -2.15. The first-order valence-corrected chi connectivity index (χ1v) is 8.08. The summed E-state index contributed by atoms with van der Waals surface area (Å²) < 4.78 is 25.9. The third kappa shape index (κ3) is 3.41. The molecule has 0 saturated carbocycles. The molecule has 0 bridgehead atoms. The SMILES string of the molecule is CCNS(=O)(=O)c1ccc(C(=O)N2CC(O)C(O)C2)cc1. The average molecular weight is 314 g/mol. The Balaban J connectivity index is 2.14. The largest absolute Gasteiger partial charge is 0.388 e. The number of carbonyl (C=O) groups excluding carboxylic acids is 1. The molecule has 3 N–H and O–H groups in total. The Kier molecular flexibility index (Phi) is 4.62. The highest BCUT2D eigenvalue weighted by atomic mass is 32.2. The van der Waals surface area contributed by atoms with Gasteiger partial charge in [-0.3, -0.25) is 4.79 Å². The highest BCUT2D eigenvalue weighted by Crippen LogP contribution is 2.16. The van der Waals surface area contributed by atoms with Crippen LogP contribution >= 0.6 is 0 Å². The number of amides is 1. The lowest BCUT2D eigenvalue weighted by atomic mass is 10.2. The van der Waals surface area contributed by atoms with Crippen LogP contribution in [-0.4, -0.2) is 61.3 Å². The molecule has 1 saturated heterocycles. The minimum atomic E-state index is -3.54. The minimum Gasteiger partial charge on any atom is -0.388 e. The molecule has 2 atom stereocenters. The molecule has 7 nitrogen and oxygen atoms in total. The normalized spacial score (nSPS) is 22.5. The second-order valence-electron chi connectivity index (χ2n) is 4.87. The van der Waals surface area contributed by atoms with Gasteiger partial charge in [0, 0.05) is 25.2 Å². The van der Waals surface area contributed by atoms with Crippen LogP contribution in [0.15, 0.2) is 29.2 Å². The molecule has 0 aromatic heterocycles. The molecular formula is C13H18N2O5S. The van der Waals surface area contributed by atoms with E-state index in [0.29, 0.717) is 5.56 Å². The molecular weight excluding hydrogens is 296 g/mol. The second-order valence-corrected chi connectivity index (χ2v) is 6.64. The van der Waals surface area contributed by atoms with Crippen LogP contribution in [0.25, 0.3) is 0 Å². The molecule has 2 unspecified atom stereocenters. The Morgan fingerprint density at radius 2 is 1.76 bits per heavy atom. The van der Waals surface area contributed by atoms with Crippen LogP contribution in [0.1, 0.15) is 17.3 Å². The van der Waals surface area contributed by atoms with Crippen molar-refractivity contribution >= 4 is 15.9 Å². The first-order chi connectivity index (χ1) is 9.85. The van der Waals surface area contributed by atoms with E-state index in [2.05, 4.69) is 4.72 Å². The quantitative estimate of drug-likeness (QED) is 0.672. The van der Waals surface area contributed by atoms with Crippen molar-refractivity contribution in [1.82, 2.24) is 9.62 Å². The Morgan fingerprint density at radius 3 is 2.24 bits per heavy atom. The van der Waals surface area contributed by atoms with Gasteiger partial charge in [-0.2, -0.15) is 0 Å². The third-order valence-electron chi connectivity index (χ3n) is 3.29. The summed E-state index contributed by atoms with van der Waals surface area (Å²) in [5.74, 6) is -0.349. The number of benzene rings is 1. The standard InChI is InChI=1S/C13H18N2O5S/c1-2-14-21(19,20)10-5-3-9(4-6-10)13(18)15-7-11(16)12(17)8-15/h3-6,11-12,14,16-17H,2,7-8H2,1H3. The van der Waals surface area contributed by atoms with Gasteiger partial charge in [0.15, 0.2) is 0 Å². The van der Waals surface area contributed by atoms with Gasteiger partial charge >= 0.3 is 0 Å². The summed E-state index contributed by atoms with van der Waals surface area (Å²) in [5, 5.41) is 18.9. The summed E-state index contributed by atoms with van der Waals surface area (Å²) >= 11 is 0. The summed E-state index contributed by atoms with van der Waals surface area (Å²) in [7, 11) is -3.54. The molecule has 0 radical (unpaired) electrons. The molecule has 1 aliphatic heterocycles. The number of aliphatic hydroxyl groups is 2. The highest BCUT2D eigenvalue weighted by molar-refractivity contribution is 7.89. The molecule has 116 valence electrons. The van der Waals surface area contributed by atoms with Crippen LogP contribution in [0.3, 0.4) is 0 Å². The van der Waals surface area contributed by atoms with Gasteiger partial charge in [0.25, 0.3) is 5.91 Å². The Hall–Kier alpha value is -1.48. The number of rotatable bonds is 4. The van der Waals surface area contributed by atoms with Gasteiger partial charge in [0.1, 0.15) is 0 Å². The zero-order valence-electron chi connectivity index (χ0n) is 11.6. The summed E-state index contributed by atoms with van der Waals surface area (Å²) in [6.45, 7) is 2.10.